The zero-order valence-corrected chi connectivity index (χ0v) is 15.7. The molecule has 1 saturated carbocycles. The predicted octanol–water partition coefficient (Wildman–Crippen LogP) is 0.862. The minimum atomic E-state index is 0.399. The summed E-state index contributed by atoms with van der Waals surface area (Å²) in [5, 5.41) is 34.6. The van der Waals surface area contributed by atoms with E-state index in [0.29, 0.717) is 17.8 Å². The van der Waals surface area contributed by atoms with Gasteiger partial charge in [-0.15, -0.1) is 20.4 Å². The summed E-state index contributed by atoms with van der Waals surface area (Å²) in [5.41, 5.74) is 2.75. The van der Waals surface area contributed by atoms with Crippen LogP contribution in [0.4, 0.5) is 17.5 Å². The van der Waals surface area contributed by atoms with Gasteiger partial charge in [0.15, 0.2) is 5.82 Å². The van der Waals surface area contributed by atoms with E-state index in [-0.39, 0.29) is 0 Å². The van der Waals surface area contributed by atoms with Gasteiger partial charge in [-0.2, -0.15) is 25.2 Å². The Hall–Kier alpha value is -3.70. The van der Waals surface area contributed by atoms with Gasteiger partial charge in [-0.3, -0.25) is 9.36 Å². The normalized spacial score (nSPS) is 15.6. The van der Waals surface area contributed by atoms with Crippen molar-refractivity contribution >= 4 is 29.8 Å². The van der Waals surface area contributed by atoms with Crippen molar-refractivity contribution in [1.82, 2.24) is 39.8 Å². The Balaban J connectivity index is 1.56. The molecule has 143 valence electrons. The summed E-state index contributed by atoms with van der Waals surface area (Å²) in [5.74, 6) is 2.21. The molecule has 0 unspecified atom stereocenters. The molecule has 0 spiro atoms. The third-order valence-corrected chi connectivity index (χ3v) is 4.65. The van der Waals surface area contributed by atoms with E-state index in [2.05, 4.69) is 41.2 Å². The van der Waals surface area contributed by atoms with Gasteiger partial charge < -0.3 is 5.32 Å². The van der Waals surface area contributed by atoms with Crippen LogP contribution in [-0.2, 0) is 14.1 Å². The van der Waals surface area contributed by atoms with Crippen LogP contribution in [-0.4, -0.2) is 46.7 Å². The highest BCUT2D eigenvalue weighted by atomic mass is 15.7. The van der Waals surface area contributed by atoms with Gasteiger partial charge in [0.05, 0.1) is 17.1 Å². The smallest absolute Gasteiger partial charge is 0.272 e. The van der Waals surface area contributed by atoms with Crippen molar-refractivity contribution in [3.8, 4) is 0 Å². The lowest BCUT2D eigenvalue weighted by Gasteiger charge is -2.23. The van der Waals surface area contributed by atoms with Crippen LogP contribution in [0.3, 0.4) is 0 Å². The fraction of sp³-hybridized carbons (Fsp3) is 0.375. The zero-order valence-electron chi connectivity index (χ0n) is 15.7. The average Bonchev–Trinajstić information content (AvgIpc) is 3.02. The van der Waals surface area contributed by atoms with E-state index in [9.17, 15) is 0 Å². The molecule has 28 heavy (non-hydrogen) atoms. The van der Waals surface area contributed by atoms with Crippen molar-refractivity contribution in [3.63, 3.8) is 0 Å². The standard InChI is InChI=1S/C16H19N12/c1-10-13(7-25(2)23-10)20-16-22-19-9-27(16)28(15-17-8-18-21-15)14-6-12(11-4-5-11)24-26(14)3/h6-9,11H,4-5H2,1-3H3,(H,20,22). The van der Waals surface area contributed by atoms with Crippen molar-refractivity contribution in [2.45, 2.75) is 25.7 Å². The summed E-state index contributed by atoms with van der Waals surface area (Å²) in [6, 6.07) is 2.05. The molecule has 1 aliphatic carbocycles. The van der Waals surface area contributed by atoms with Crippen LogP contribution in [0.1, 0.15) is 30.1 Å². The van der Waals surface area contributed by atoms with Gasteiger partial charge in [0.25, 0.3) is 5.96 Å². The summed E-state index contributed by atoms with van der Waals surface area (Å²) in [6.07, 6.45) is 7.22. The first kappa shape index (κ1) is 16.5. The molecule has 0 saturated heterocycles. The third-order valence-electron chi connectivity index (χ3n) is 4.65. The van der Waals surface area contributed by atoms with Gasteiger partial charge in [0.1, 0.15) is 12.7 Å². The van der Waals surface area contributed by atoms with E-state index in [1.807, 2.05) is 38.0 Å². The fourth-order valence-corrected chi connectivity index (χ4v) is 3.14. The van der Waals surface area contributed by atoms with Gasteiger partial charge in [0.2, 0.25) is 5.95 Å². The van der Waals surface area contributed by atoms with Gasteiger partial charge in [-0.25, -0.2) is 0 Å². The van der Waals surface area contributed by atoms with Crippen molar-refractivity contribution in [2.75, 3.05) is 10.3 Å². The van der Waals surface area contributed by atoms with Crippen molar-refractivity contribution < 1.29 is 0 Å². The maximum atomic E-state index is 4.66. The molecule has 1 aliphatic heterocycles. The second-order valence-corrected chi connectivity index (χ2v) is 6.82. The van der Waals surface area contributed by atoms with Crippen molar-refractivity contribution in [2.24, 2.45) is 24.3 Å². The predicted molar refractivity (Wildman–Crippen MR) is 102 cm³/mol. The lowest BCUT2D eigenvalue weighted by molar-refractivity contribution is 0.706. The van der Waals surface area contributed by atoms with E-state index < -0.39 is 0 Å². The molecule has 12 heteroatoms. The largest absolute Gasteiger partial charge is 0.320 e. The number of hydrogen-bond donors (Lipinski definition) is 1. The second kappa shape index (κ2) is 6.18. The molecule has 5 rings (SSSR count). The molecular formula is C16H19N12. The molecule has 3 aromatic rings. The van der Waals surface area contributed by atoms with E-state index in [0.717, 1.165) is 22.9 Å². The molecule has 0 aromatic carbocycles. The summed E-state index contributed by atoms with van der Waals surface area (Å²) >= 11 is 0. The number of nitrogens with one attached hydrogen (secondary N) is 1. The first-order valence-corrected chi connectivity index (χ1v) is 8.92. The monoisotopic (exact) mass is 379 g/mol. The molecule has 12 nitrogen and oxygen atoms in total. The first-order valence-electron chi connectivity index (χ1n) is 8.92. The highest BCUT2D eigenvalue weighted by Crippen LogP contribution is 2.40. The molecular weight excluding hydrogens is 360 g/mol. The summed E-state index contributed by atoms with van der Waals surface area (Å²) in [7, 11) is 3.76. The van der Waals surface area contributed by atoms with Gasteiger partial charge in [-0.1, -0.05) is 0 Å². The van der Waals surface area contributed by atoms with Crippen LogP contribution in [0.5, 0.6) is 0 Å². The highest BCUT2D eigenvalue weighted by molar-refractivity contribution is 6.03. The summed E-state index contributed by atoms with van der Waals surface area (Å²) < 4.78 is 5.28. The minimum Gasteiger partial charge on any atom is -0.320 e. The summed E-state index contributed by atoms with van der Waals surface area (Å²) in [4.78, 5) is 0. The highest BCUT2D eigenvalue weighted by Gasteiger charge is 2.31. The Kier molecular flexibility index (Phi) is 3.64. The number of hydrogen-bond acceptors (Lipinski definition) is 8. The van der Waals surface area contributed by atoms with E-state index >= 15 is 0 Å². The number of anilines is 3. The quantitative estimate of drug-likeness (QED) is 0.702. The van der Waals surface area contributed by atoms with Crippen LogP contribution >= 0.6 is 0 Å². The molecule has 3 aromatic heterocycles. The van der Waals surface area contributed by atoms with Gasteiger partial charge in [0, 0.05) is 32.3 Å². The van der Waals surface area contributed by atoms with Crippen molar-refractivity contribution in [3.05, 3.63) is 30.0 Å². The Bertz CT molecular complexity index is 1080. The van der Waals surface area contributed by atoms with Crippen molar-refractivity contribution in [1.29, 1.82) is 0 Å². The first-order chi connectivity index (χ1) is 13.6. The van der Waals surface area contributed by atoms with Crippen LogP contribution < -0.4 is 15.6 Å². The lowest BCUT2D eigenvalue weighted by atomic mass is 10.3. The van der Waals surface area contributed by atoms with Gasteiger partial charge in [-0.05, 0) is 19.8 Å². The van der Waals surface area contributed by atoms with Gasteiger partial charge >= 0.3 is 0 Å². The lowest BCUT2D eigenvalue weighted by Crippen LogP contribution is -2.41. The topological polar surface area (TPSA) is 120 Å². The molecule has 0 amide bonds. The summed E-state index contributed by atoms with van der Waals surface area (Å²) in [6.45, 7) is 1.92. The maximum absolute atomic E-state index is 4.66. The SMILES string of the molecule is Cc1nn(C)cc1Nc1nncn1N(C1=NN=C[N]1)c1cc(C2CC2)nn1C. The van der Waals surface area contributed by atoms with E-state index in [4.69, 9.17) is 0 Å². The number of guanidine groups is 1. The Labute approximate surface area is 160 Å². The van der Waals surface area contributed by atoms with E-state index in [1.54, 1.807) is 20.7 Å². The number of aromatic nitrogens is 7. The Morgan fingerprint density at radius 1 is 1.21 bits per heavy atom. The van der Waals surface area contributed by atoms with Crippen LogP contribution in [0.25, 0.3) is 0 Å². The van der Waals surface area contributed by atoms with Crippen LogP contribution in [0.15, 0.2) is 28.8 Å². The molecule has 2 aliphatic rings. The zero-order chi connectivity index (χ0) is 19.3. The molecule has 0 atom stereocenters. The minimum absolute atomic E-state index is 0.399. The Morgan fingerprint density at radius 2 is 2.07 bits per heavy atom. The third kappa shape index (κ3) is 2.78. The van der Waals surface area contributed by atoms with Crippen LogP contribution in [0, 0.1) is 6.92 Å². The molecule has 1 fully saturated rings. The second-order valence-electron chi connectivity index (χ2n) is 6.82. The number of rotatable bonds is 5. The molecule has 0 bridgehead atoms. The van der Waals surface area contributed by atoms with Crippen LogP contribution in [0.2, 0.25) is 0 Å². The molecule has 1 radical (unpaired) electrons. The fourth-order valence-electron chi connectivity index (χ4n) is 3.14. The molecule has 4 heterocycles. The van der Waals surface area contributed by atoms with E-state index in [1.165, 1.54) is 19.2 Å². The maximum Gasteiger partial charge on any atom is 0.272 e. The molecule has 1 N–H and O–H groups in total. The number of aryl methyl sites for hydroxylation is 3. The average molecular weight is 379 g/mol. The Morgan fingerprint density at radius 3 is 2.75 bits per heavy atom. The number of nitrogens with zero attached hydrogens (tertiary/aromatic N) is 11.